The van der Waals surface area contributed by atoms with Gasteiger partial charge in [0.1, 0.15) is 11.5 Å². The van der Waals surface area contributed by atoms with Gasteiger partial charge in [-0.15, -0.1) is 0 Å². The van der Waals surface area contributed by atoms with Gasteiger partial charge in [-0.05, 0) is 53.1 Å². The lowest BCUT2D eigenvalue weighted by Gasteiger charge is -2.28. The van der Waals surface area contributed by atoms with Crippen molar-refractivity contribution in [1.82, 2.24) is 0 Å². The molecule has 0 fully saturated rings. The smallest absolute Gasteiger partial charge is 0.124 e. The summed E-state index contributed by atoms with van der Waals surface area (Å²) in [5, 5.41) is 10.7. The maximum atomic E-state index is 10.0. The number of hydrogen-bond acceptors (Lipinski definition) is 2. The molecule has 0 bridgehead atoms. The van der Waals surface area contributed by atoms with E-state index in [1.165, 1.54) is 0 Å². The van der Waals surface area contributed by atoms with Crippen molar-refractivity contribution in [3.05, 3.63) is 58.1 Å². The van der Waals surface area contributed by atoms with Crippen molar-refractivity contribution in [1.29, 1.82) is 0 Å². The van der Waals surface area contributed by atoms with Gasteiger partial charge in [0.05, 0.1) is 7.11 Å². The van der Waals surface area contributed by atoms with Crippen LogP contribution in [0.15, 0.2) is 36.4 Å². The first-order chi connectivity index (χ1) is 10.7. The minimum atomic E-state index is -0.141. The van der Waals surface area contributed by atoms with Gasteiger partial charge in [0.2, 0.25) is 0 Å². The standard InChI is InChI=1S/C20H25ClO2/c1-13(2)15-8-14(9-17(22)10-15)12-20(3,4)18-7-6-16(21)11-19(18)23-5/h6-11,13,22H,12H2,1-5H3. The molecule has 0 spiro atoms. The fourth-order valence-electron chi connectivity index (χ4n) is 2.96. The van der Waals surface area contributed by atoms with E-state index in [0.29, 0.717) is 16.7 Å². The molecule has 0 aliphatic heterocycles. The zero-order valence-electron chi connectivity index (χ0n) is 14.5. The van der Waals surface area contributed by atoms with Gasteiger partial charge in [0, 0.05) is 10.6 Å². The van der Waals surface area contributed by atoms with E-state index in [-0.39, 0.29) is 5.41 Å². The number of aromatic hydroxyl groups is 1. The summed E-state index contributed by atoms with van der Waals surface area (Å²) in [5.41, 5.74) is 3.24. The maximum absolute atomic E-state index is 10.0. The Morgan fingerprint density at radius 3 is 2.43 bits per heavy atom. The van der Waals surface area contributed by atoms with Gasteiger partial charge in [0.25, 0.3) is 0 Å². The second-order valence-corrected chi connectivity index (χ2v) is 7.43. The zero-order chi connectivity index (χ0) is 17.2. The number of methoxy groups -OCH3 is 1. The summed E-state index contributed by atoms with van der Waals surface area (Å²) >= 11 is 6.07. The van der Waals surface area contributed by atoms with Gasteiger partial charge in [0.15, 0.2) is 0 Å². The number of phenols is 1. The minimum Gasteiger partial charge on any atom is -0.508 e. The molecule has 2 aromatic carbocycles. The lowest BCUT2D eigenvalue weighted by Crippen LogP contribution is -2.21. The van der Waals surface area contributed by atoms with E-state index in [4.69, 9.17) is 16.3 Å². The van der Waals surface area contributed by atoms with Gasteiger partial charge in [-0.2, -0.15) is 0 Å². The first-order valence-electron chi connectivity index (χ1n) is 7.90. The van der Waals surface area contributed by atoms with Crippen molar-refractivity contribution < 1.29 is 9.84 Å². The molecule has 23 heavy (non-hydrogen) atoms. The summed E-state index contributed by atoms with van der Waals surface area (Å²) in [4.78, 5) is 0. The third kappa shape index (κ3) is 4.20. The molecule has 2 aromatic rings. The van der Waals surface area contributed by atoms with Crippen LogP contribution in [0.4, 0.5) is 0 Å². The Kier molecular flexibility index (Phi) is 5.26. The molecular weight excluding hydrogens is 308 g/mol. The second kappa shape index (κ2) is 6.84. The van der Waals surface area contributed by atoms with E-state index in [2.05, 4.69) is 33.8 Å². The third-order valence-electron chi connectivity index (χ3n) is 4.21. The van der Waals surface area contributed by atoms with Crippen LogP contribution in [-0.2, 0) is 11.8 Å². The molecule has 0 aliphatic rings. The summed E-state index contributed by atoms with van der Waals surface area (Å²) < 4.78 is 5.50. The molecule has 0 atom stereocenters. The van der Waals surface area contributed by atoms with Gasteiger partial charge < -0.3 is 9.84 Å². The number of hydrogen-bond donors (Lipinski definition) is 1. The van der Waals surface area contributed by atoms with E-state index >= 15 is 0 Å². The van der Waals surface area contributed by atoms with E-state index in [1.807, 2.05) is 30.3 Å². The topological polar surface area (TPSA) is 29.5 Å². The first kappa shape index (κ1) is 17.7. The SMILES string of the molecule is COc1cc(Cl)ccc1C(C)(C)Cc1cc(O)cc(C(C)C)c1. The predicted octanol–water partition coefficient (Wildman–Crippen LogP) is 5.70. The Bertz CT molecular complexity index is 690. The fraction of sp³-hybridized carbons (Fsp3) is 0.400. The van der Waals surface area contributed by atoms with E-state index in [0.717, 1.165) is 28.9 Å². The molecule has 0 amide bonds. The number of phenolic OH excluding ortho intramolecular Hbond substituents is 1. The Labute approximate surface area is 144 Å². The minimum absolute atomic E-state index is 0.141. The summed E-state index contributed by atoms with van der Waals surface area (Å²) in [6.07, 6.45) is 0.805. The van der Waals surface area contributed by atoms with Crippen molar-refractivity contribution >= 4 is 11.6 Å². The van der Waals surface area contributed by atoms with Crippen LogP contribution in [-0.4, -0.2) is 12.2 Å². The molecular formula is C20H25ClO2. The van der Waals surface area contributed by atoms with Gasteiger partial charge >= 0.3 is 0 Å². The molecule has 0 saturated heterocycles. The molecule has 0 heterocycles. The van der Waals surface area contributed by atoms with Crippen LogP contribution in [0.3, 0.4) is 0 Å². The average Bonchev–Trinajstić information content (AvgIpc) is 2.45. The van der Waals surface area contributed by atoms with Crippen LogP contribution in [0.2, 0.25) is 5.02 Å². The Morgan fingerprint density at radius 2 is 1.83 bits per heavy atom. The molecule has 3 heteroatoms. The highest BCUT2D eigenvalue weighted by Gasteiger charge is 2.25. The van der Waals surface area contributed by atoms with Crippen LogP contribution < -0.4 is 4.74 Å². The van der Waals surface area contributed by atoms with Crippen molar-refractivity contribution in [3.63, 3.8) is 0 Å². The molecule has 0 radical (unpaired) electrons. The van der Waals surface area contributed by atoms with Crippen molar-refractivity contribution in [2.75, 3.05) is 7.11 Å². The number of rotatable bonds is 5. The Balaban J connectivity index is 2.38. The Hall–Kier alpha value is -1.67. The second-order valence-electron chi connectivity index (χ2n) is 6.99. The molecule has 2 nitrogen and oxygen atoms in total. The monoisotopic (exact) mass is 332 g/mol. The molecule has 0 aliphatic carbocycles. The van der Waals surface area contributed by atoms with E-state index < -0.39 is 0 Å². The van der Waals surface area contributed by atoms with Crippen molar-refractivity contribution in [2.45, 2.75) is 45.4 Å². The van der Waals surface area contributed by atoms with Crippen LogP contribution in [0.25, 0.3) is 0 Å². The quantitative estimate of drug-likeness (QED) is 0.761. The summed E-state index contributed by atoms with van der Waals surface area (Å²) in [5.74, 6) is 1.51. The van der Waals surface area contributed by atoms with Crippen LogP contribution in [0.5, 0.6) is 11.5 Å². The van der Waals surface area contributed by atoms with E-state index in [1.54, 1.807) is 7.11 Å². The van der Waals surface area contributed by atoms with E-state index in [9.17, 15) is 5.11 Å². The zero-order valence-corrected chi connectivity index (χ0v) is 15.2. The summed E-state index contributed by atoms with van der Waals surface area (Å²) in [6.45, 7) is 8.62. The lowest BCUT2D eigenvalue weighted by molar-refractivity contribution is 0.391. The molecule has 1 N–H and O–H groups in total. The summed E-state index contributed by atoms with van der Waals surface area (Å²) in [6, 6.07) is 11.6. The first-order valence-corrected chi connectivity index (χ1v) is 8.27. The van der Waals surface area contributed by atoms with Gasteiger partial charge in [-0.1, -0.05) is 51.4 Å². The predicted molar refractivity (Wildman–Crippen MR) is 96.9 cm³/mol. The number of halogens is 1. The van der Waals surface area contributed by atoms with Crippen LogP contribution in [0.1, 0.15) is 50.3 Å². The highest BCUT2D eigenvalue weighted by atomic mass is 35.5. The Morgan fingerprint density at radius 1 is 1.13 bits per heavy atom. The molecule has 0 unspecified atom stereocenters. The van der Waals surface area contributed by atoms with Crippen molar-refractivity contribution in [3.8, 4) is 11.5 Å². The number of ether oxygens (including phenoxy) is 1. The largest absolute Gasteiger partial charge is 0.508 e. The maximum Gasteiger partial charge on any atom is 0.124 e. The highest BCUT2D eigenvalue weighted by molar-refractivity contribution is 6.30. The lowest BCUT2D eigenvalue weighted by atomic mass is 9.78. The van der Waals surface area contributed by atoms with Crippen molar-refractivity contribution in [2.24, 2.45) is 0 Å². The van der Waals surface area contributed by atoms with Gasteiger partial charge in [-0.3, -0.25) is 0 Å². The normalized spacial score (nSPS) is 11.8. The number of benzene rings is 2. The fourth-order valence-corrected chi connectivity index (χ4v) is 3.13. The highest BCUT2D eigenvalue weighted by Crippen LogP contribution is 2.37. The van der Waals surface area contributed by atoms with Gasteiger partial charge in [-0.25, -0.2) is 0 Å². The summed E-state index contributed by atoms with van der Waals surface area (Å²) in [7, 11) is 1.66. The molecule has 2 rings (SSSR count). The van der Waals surface area contributed by atoms with Crippen LogP contribution >= 0.6 is 11.6 Å². The third-order valence-corrected chi connectivity index (χ3v) is 4.44. The molecule has 0 aromatic heterocycles. The molecule has 0 saturated carbocycles. The van der Waals surface area contributed by atoms with Crippen LogP contribution in [0, 0.1) is 0 Å². The molecule has 124 valence electrons. The average molecular weight is 333 g/mol.